The molecule has 0 unspecified atom stereocenters. The van der Waals surface area contributed by atoms with Crippen LogP contribution in [0.3, 0.4) is 0 Å². The van der Waals surface area contributed by atoms with E-state index in [-0.39, 0.29) is 5.15 Å². The SMILES string of the molecule is Cc1nc(Cl)c(C=O)c(NCc2cccs2)n1. The number of halogens is 1. The van der Waals surface area contributed by atoms with E-state index in [9.17, 15) is 4.79 Å². The van der Waals surface area contributed by atoms with Gasteiger partial charge in [0, 0.05) is 4.88 Å². The van der Waals surface area contributed by atoms with Gasteiger partial charge in [-0.2, -0.15) is 0 Å². The molecule has 0 aliphatic heterocycles. The molecule has 0 saturated carbocycles. The molecule has 0 aliphatic carbocycles. The van der Waals surface area contributed by atoms with Crippen molar-refractivity contribution in [3.63, 3.8) is 0 Å². The zero-order valence-corrected chi connectivity index (χ0v) is 10.7. The van der Waals surface area contributed by atoms with E-state index in [1.54, 1.807) is 18.3 Å². The minimum Gasteiger partial charge on any atom is -0.364 e. The van der Waals surface area contributed by atoms with Crippen molar-refractivity contribution < 1.29 is 4.79 Å². The van der Waals surface area contributed by atoms with Crippen molar-refractivity contribution in [1.82, 2.24) is 9.97 Å². The number of aryl methyl sites for hydroxylation is 1. The molecule has 0 radical (unpaired) electrons. The van der Waals surface area contributed by atoms with Gasteiger partial charge in [0.05, 0.1) is 12.1 Å². The zero-order chi connectivity index (χ0) is 12.3. The molecular formula is C11H10ClN3OS. The van der Waals surface area contributed by atoms with Crippen molar-refractivity contribution in [2.75, 3.05) is 5.32 Å². The van der Waals surface area contributed by atoms with Gasteiger partial charge in [-0.15, -0.1) is 11.3 Å². The summed E-state index contributed by atoms with van der Waals surface area (Å²) in [5.41, 5.74) is 0.300. The molecule has 0 atom stereocenters. The van der Waals surface area contributed by atoms with E-state index in [0.717, 1.165) is 4.88 Å². The molecule has 88 valence electrons. The molecule has 6 heteroatoms. The van der Waals surface area contributed by atoms with Crippen LogP contribution in [-0.4, -0.2) is 16.3 Å². The predicted molar refractivity (Wildman–Crippen MR) is 68.8 cm³/mol. The number of thiophene rings is 1. The molecule has 1 N–H and O–H groups in total. The molecule has 0 amide bonds. The number of hydrogen-bond acceptors (Lipinski definition) is 5. The number of nitrogens with zero attached hydrogens (tertiary/aromatic N) is 2. The van der Waals surface area contributed by atoms with Crippen LogP contribution in [0, 0.1) is 6.92 Å². The normalized spacial score (nSPS) is 10.2. The van der Waals surface area contributed by atoms with Gasteiger partial charge in [-0.05, 0) is 18.4 Å². The van der Waals surface area contributed by atoms with Gasteiger partial charge >= 0.3 is 0 Å². The van der Waals surface area contributed by atoms with Gasteiger partial charge in [-0.3, -0.25) is 4.79 Å². The van der Waals surface area contributed by atoms with Crippen molar-refractivity contribution >= 4 is 35.0 Å². The highest BCUT2D eigenvalue weighted by atomic mass is 35.5. The van der Waals surface area contributed by atoms with Gasteiger partial charge in [0.15, 0.2) is 6.29 Å². The Kier molecular flexibility index (Phi) is 3.71. The summed E-state index contributed by atoms with van der Waals surface area (Å²) in [6, 6.07) is 3.98. The van der Waals surface area contributed by atoms with E-state index in [1.165, 1.54) is 0 Å². The van der Waals surface area contributed by atoms with E-state index >= 15 is 0 Å². The van der Waals surface area contributed by atoms with E-state index in [2.05, 4.69) is 15.3 Å². The van der Waals surface area contributed by atoms with Gasteiger partial charge in [0.1, 0.15) is 16.8 Å². The molecule has 2 rings (SSSR count). The summed E-state index contributed by atoms with van der Waals surface area (Å²) < 4.78 is 0. The number of nitrogens with one attached hydrogen (secondary N) is 1. The standard InChI is InChI=1S/C11H10ClN3OS/c1-7-14-10(12)9(6-16)11(15-7)13-5-8-3-2-4-17-8/h2-4,6H,5H2,1H3,(H,13,14,15). The molecule has 2 aromatic heterocycles. The van der Waals surface area contributed by atoms with E-state index in [1.807, 2.05) is 17.5 Å². The van der Waals surface area contributed by atoms with E-state index in [4.69, 9.17) is 11.6 Å². The quantitative estimate of drug-likeness (QED) is 0.684. The highest BCUT2D eigenvalue weighted by Gasteiger charge is 2.10. The summed E-state index contributed by atoms with van der Waals surface area (Å²) in [6.07, 6.45) is 0.665. The van der Waals surface area contributed by atoms with Crippen molar-refractivity contribution in [2.45, 2.75) is 13.5 Å². The first-order valence-corrected chi connectivity index (χ1v) is 6.22. The second-order valence-corrected chi connectivity index (χ2v) is 4.76. The minimum absolute atomic E-state index is 0.182. The maximum atomic E-state index is 10.9. The molecule has 0 fully saturated rings. The fourth-order valence-corrected chi connectivity index (χ4v) is 2.27. The maximum absolute atomic E-state index is 10.9. The minimum atomic E-state index is 0.182. The lowest BCUT2D eigenvalue weighted by Crippen LogP contribution is -2.06. The zero-order valence-electron chi connectivity index (χ0n) is 9.11. The van der Waals surface area contributed by atoms with Crippen LogP contribution < -0.4 is 5.32 Å². The van der Waals surface area contributed by atoms with Crippen LogP contribution in [0.15, 0.2) is 17.5 Å². The van der Waals surface area contributed by atoms with Crippen LogP contribution in [0.4, 0.5) is 5.82 Å². The predicted octanol–water partition coefficient (Wildman–Crippen LogP) is 2.92. The van der Waals surface area contributed by atoms with Crippen LogP contribution in [0.25, 0.3) is 0 Å². The molecule has 2 aromatic rings. The Morgan fingerprint density at radius 1 is 1.53 bits per heavy atom. The summed E-state index contributed by atoms with van der Waals surface area (Å²) in [5, 5.41) is 5.27. The molecular weight excluding hydrogens is 258 g/mol. The Morgan fingerprint density at radius 3 is 3.00 bits per heavy atom. The van der Waals surface area contributed by atoms with E-state index < -0.39 is 0 Å². The first kappa shape index (κ1) is 12.0. The van der Waals surface area contributed by atoms with Crippen molar-refractivity contribution in [1.29, 1.82) is 0 Å². The third kappa shape index (κ3) is 2.81. The lowest BCUT2D eigenvalue weighted by atomic mass is 10.3. The smallest absolute Gasteiger partial charge is 0.156 e. The third-order valence-corrected chi connectivity index (χ3v) is 3.30. The first-order valence-electron chi connectivity index (χ1n) is 4.96. The fourth-order valence-electron chi connectivity index (χ4n) is 1.37. The van der Waals surface area contributed by atoms with Crippen LogP contribution in [0.2, 0.25) is 5.15 Å². The molecule has 4 nitrogen and oxygen atoms in total. The van der Waals surface area contributed by atoms with Crippen molar-refractivity contribution in [3.8, 4) is 0 Å². The largest absolute Gasteiger partial charge is 0.364 e. The second-order valence-electron chi connectivity index (χ2n) is 3.37. The molecule has 0 bridgehead atoms. The molecule has 2 heterocycles. The van der Waals surface area contributed by atoms with Crippen molar-refractivity contribution in [3.05, 3.63) is 38.9 Å². The third-order valence-electron chi connectivity index (χ3n) is 2.14. The molecule has 17 heavy (non-hydrogen) atoms. The Bertz CT molecular complexity index is 528. The summed E-state index contributed by atoms with van der Waals surface area (Å²) in [5.74, 6) is 1.01. The van der Waals surface area contributed by atoms with Gasteiger partial charge in [0.25, 0.3) is 0 Å². The Labute approximate surface area is 108 Å². The maximum Gasteiger partial charge on any atom is 0.156 e. The Hall–Kier alpha value is -1.46. The number of anilines is 1. The highest BCUT2D eigenvalue weighted by Crippen LogP contribution is 2.20. The first-order chi connectivity index (χ1) is 8.20. The van der Waals surface area contributed by atoms with Crippen molar-refractivity contribution in [2.24, 2.45) is 0 Å². The average molecular weight is 268 g/mol. The van der Waals surface area contributed by atoms with Gasteiger partial charge in [-0.25, -0.2) is 9.97 Å². The monoisotopic (exact) mass is 267 g/mol. The van der Waals surface area contributed by atoms with Crippen LogP contribution >= 0.6 is 22.9 Å². The van der Waals surface area contributed by atoms with Crippen LogP contribution in [0.5, 0.6) is 0 Å². The lowest BCUT2D eigenvalue weighted by Gasteiger charge is -2.08. The topological polar surface area (TPSA) is 54.9 Å². The number of carbonyl (C=O) groups excluding carboxylic acids is 1. The molecule has 0 aliphatic rings. The summed E-state index contributed by atoms with van der Waals surface area (Å²) in [7, 11) is 0. The van der Waals surface area contributed by atoms with E-state index in [0.29, 0.717) is 30.0 Å². The number of aromatic nitrogens is 2. The van der Waals surface area contributed by atoms with Gasteiger partial charge < -0.3 is 5.32 Å². The summed E-state index contributed by atoms with van der Waals surface area (Å²) in [6.45, 7) is 2.35. The highest BCUT2D eigenvalue weighted by molar-refractivity contribution is 7.09. The lowest BCUT2D eigenvalue weighted by molar-refractivity contribution is 0.112. The van der Waals surface area contributed by atoms with Crippen LogP contribution in [-0.2, 0) is 6.54 Å². The molecule has 0 aromatic carbocycles. The number of rotatable bonds is 4. The second kappa shape index (κ2) is 5.25. The Balaban J connectivity index is 2.22. The molecule has 0 spiro atoms. The number of carbonyl (C=O) groups is 1. The summed E-state index contributed by atoms with van der Waals surface area (Å²) >= 11 is 7.51. The number of hydrogen-bond donors (Lipinski definition) is 1. The summed E-state index contributed by atoms with van der Waals surface area (Å²) in [4.78, 5) is 20.2. The van der Waals surface area contributed by atoms with Gasteiger partial charge in [0.2, 0.25) is 0 Å². The Morgan fingerprint density at radius 2 is 2.35 bits per heavy atom. The van der Waals surface area contributed by atoms with Gasteiger partial charge in [-0.1, -0.05) is 17.7 Å². The van der Waals surface area contributed by atoms with Crippen LogP contribution in [0.1, 0.15) is 21.1 Å². The average Bonchev–Trinajstić information content (AvgIpc) is 2.78. The fraction of sp³-hybridized carbons (Fsp3) is 0.182. The molecule has 0 saturated heterocycles. The number of aldehydes is 1.